The van der Waals surface area contributed by atoms with Crippen molar-refractivity contribution >= 4 is 17.7 Å². The van der Waals surface area contributed by atoms with Crippen molar-refractivity contribution in [3.8, 4) is 17.2 Å². The molecule has 6 rings (SSSR count). The van der Waals surface area contributed by atoms with Gasteiger partial charge in [0.1, 0.15) is 35.3 Å². The van der Waals surface area contributed by atoms with Crippen LogP contribution in [0, 0.1) is 11.2 Å². The number of esters is 1. The van der Waals surface area contributed by atoms with E-state index in [0.29, 0.717) is 31.1 Å². The second-order valence-electron chi connectivity index (χ2n) is 14.6. The minimum absolute atomic E-state index is 0.0462. The third-order valence-corrected chi connectivity index (χ3v) is 9.30. The van der Waals surface area contributed by atoms with Crippen LogP contribution >= 0.6 is 0 Å². The Morgan fingerprint density at radius 2 is 1.85 bits per heavy atom. The molecule has 1 spiro atoms. The molecule has 2 aliphatic heterocycles. The van der Waals surface area contributed by atoms with E-state index in [4.69, 9.17) is 14.2 Å². The van der Waals surface area contributed by atoms with Crippen LogP contribution < -0.4 is 14.4 Å². The van der Waals surface area contributed by atoms with E-state index in [1.165, 1.54) is 35.7 Å². The normalized spacial score (nSPS) is 17.1. The van der Waals surface area contributed by atoms with Gasteiger partial charge in [-0.15, -0.1) is 0 Å². The van der Waals surface area contributed by atoms with Crippen molar-refractivity contribution in [2.45, 2.75) is 91.6 Å². The first-order valence-electron chi connectivity index (χ1n) is 16.9. The molecule has 11 heteroatoms. The Balaban J connectivity index is 1.05. The van der Waals surface area contributed by atoms with Crippen molar-refractivity contribution in [1.82, 2.24) is 19.8 Å². The number of hydrogen-bond acceptors (Lipinski definition) is 9. The summed E-state index contributed by atoms with van der Waals surface area (Å²) < 4.78 is 32.5. The van der Waals surface area contributed by atoms with Crippen LogP contribution in [-0.4, -0.2) is 75.6 Å². The fourth-order valence-corrected chi connectivity index (χ4v) is 7.10. The van der Waals surface area contributed by atoms with Gasteiger partial charge in [-0.1, -0.05) is 12.1 Å². The molecule has 1 saturated carbocycles. The molecule has 3 aromatic rings. The number of ether oxygens (including phenoxy) is 3. The number of anilines is 1. The van der Waals surface area contributed by atoms with Crippen LogP contribution in [0.3, 0.4) is 0 Å². The Bertz CT molecular complexity index is 1660. The summed E-state index contributed by atoms with van der Waals surface area (Å²) in [5.74, 6) is 1.29. The minimum atomic E-state index is -0.502. The van der Waals surface area contributed by atoms with Gasteiger partial charge in [0.05, 0.1) is 18.2 Å². The Morgan fingerprint density at radius 3 is 2.56 bits per heavy atom. The van der Waals surface area contributed by atoms with E-state index in [0.717, 1.165) is 44.8 Å². The Morgan fingerprint density at radius 1 is 1.08 bits per heavy atom. The molecule has 0 radical (unpaired) electrons. The second-order valence-corrected chi connectivity index (χ2v) is 14.6. The summed E-state index contributed by atoms with van der Waals surface area (Å²) in [5.41, 5.74) is 2.27. The lowest BCUT2D eigenvalue weighted by molar-refractivity contribution is -0.155. The van der Waals surface area contributed by atoms with Crippen molar-refractivity contribution in [3.63, 3.8) is 0 Å². The number of fused-ring (bicyclic) bond motifs is 1. The molecular weight excluding hydrogens is 613 g/mol. The van der Waals surface area contributed by atoms with Crippen molar-refractivity contribution in [2.75, 3.05) is 31.1 Å². The maximum Gasteiger partial charge on any atom is 0.307 e. The quantitative estimate of drug-likeness (QED) is 0.218. The average molecular weight is 660 g/mol. The average Bonchev–Trinajstić information content (AvgIpc) is 3.41. The summed E-state index contributed by atoms with van der Waals surface area (Å²) in [6.45, 7) is 15.7. The van der Waals surface area contributed by atoms with Crippen molar-refractivity contribution < 1.29 is 28.2 Å². The lowest BCUT2D eigenvalue weighted by Crippen LogP contribution is -2.65. The maximum atomic E-state index is 14.3. The number of carbonyl (C=O) groups is 2. The highest BCUT2D eigenvalue weighted by Gasteiger charge is 2.54. The van der Waals surface area contributed by atoms with E-state index in [9.17, 15) is 14.0 Å². The van der Waals surface area contributed by atoms with Gasteiger partial charge in [0, 0.05) is 56.3 Å². The van der Waals surface area contributed by atoms with E-state index >= 15 is 0 Å². The fourth-order valence-electron chi connectivity index (χ4n) is 7.10. The van der Waals surface area contributed by atoms with Crippen molar-refractivity contribution in [2.24, 2.45) is 5.41 Å². The largest absolute Gasteiger partial charge is 0.490 e. The molecule has 3 aliphatic rings. The zero-order valence-electron chi connectivity index (χ0n) is 28.8. The number of halogens is 1. The van der Waals surface area contributed by atoms with E-state index in [2.05, 4.69) is 25.8 Å². The summed E-state index contributed by atoms with van der Waals surface area (Å²) in [6, 6.07) is 10.2. The summed E-state index contributed by atoms with van der Waals surface area (Å²) in [6.07, 6.45) is 5.45. The first kappa shape index (κ1) is 33.6. The van der Waals surface area contributed by atoms with Gasteiger partial charge in [0.25, 0.3) is 5.91 Å². The van der Waals surface area contributed by atoms with E-state index < -0.39 is 11.4 Å². The van der Waals surface area contributed by atoms with Crippen LogP contribution in [0.25, 0.3) is 0 Å². The molecule has 0 N–H and O–H groups in total. The number of aromatic nitrogens is 2. The number of carbonyl (C=O) groups excluding carboxylic acids is 2. The first-order valence-corrected chi connectivity index (χ1v) is 16.9. The molecule has 0 unspecified atom stereocenters. The molecule has 1 saturated heterocycles. The van der Waals surface area contributed by atoms with Crippen molar-refractivity contribution in [3.05, 3.63) is 71.4 Å². The van der Waals surface area contributed by atoms with Crippen LogP contribution in [0.2, 0.25) is 0 Å². The number of amides is 1. The number of rotatable bonds is 11. The summed E-state index contributed by atoms with van der Waals surface area (Å²) in [4.78, 5) is 40.4. The number of benzene rings is 2. The number of hydrogen-bond donors (Lipinski definition) is 0. The molecule has 0 bridgehead atoms. The molecule has 256 valence electrons. The van der Waals surface area contributed by atoms with Gasteiger partial charge in [-0.3, -0.25) is 14.5 Å². The van der Waals surface area contributed by atoms with Crippen LogP contribution in [0.4, 0.5) is 10.2 Å². The van der Waals surface area contributed by atoms with Crippen molar-refractivity contribution in [1.29, 1.82) is 0 Å². The molecule has 1 amide bonds. The van der Waals surface area contributed by atoms with Gasteiger partial charge >= 0.3 is 5.97 Å². The van der Waals surface area contributed by atoms with Crippen LogP contribution in [0.15, 0.2) is 48.9 Å². The lowest BCUT2D eigenvalue weighted by atomic mass is 9.61. The summed E-state index contributed by atoms with van der Waals surface area (Å²) >= 11 is 0. The highest BCUT2D eigenvalue weighted by Crippen LogP contribution is 2.52. The minimum Gasteiger partial charge on any atom is -0.490 e. The predicted octanol–water partition coefficient (Wildman–Crippen LogP) is 6.37. The van der Waals surface area contributed by atoms with Gasteiger partial charge < -0.3 is 24.0 Å². The lowest BCUT2D eigenvalue weighted by Gasteiger charge is -2.59. The van der Waals surface area contributed by atoms with E-state index in [-0.39, 0.29) is 40.8 Å². The molecule has 10 nitrogen and oxygen atoms in total. The van der Waals surface area contributed by atoms with Crippen LogP contribution in [-0.2, 0) is 22.6 Å². The monoisotopic (exact) mass is 659 g/mol. The molecule has 1 aromatic heterocycles. The molecule has 3 heterocycles. The van der Waals surface area contributed by atoms with Crippen LogP contribution in [0.5, 0.6) is 17.2 Å². The molecule has 0 atom stereocenters. The summed E-state index contributed by atoms with van der Waals surface area (Å²) in [5, 5.41) is 0. The first-order chi connectivity index (χ1) is 22.8. The highest BCUT2D eigenvalue weighted by molar-refractivity contribution is 5.97. The Hall–Kier alpha value is -4.25. The smallest absolute Gasteiger partial charge is 0.307 e. The van der Waals surface area contributed by atoms with Gasteiger partial charge in [-0.05, 0) is 84.2 Å². The van der Waals surface area contributed by atoms with Gasteiger partial charge in [0.2, 0.25) is 0 Å². The molecule has 48 heavy (non-hydrogen) atoms. The molecule has 2 aromatic carbocycles. The van der Waals surface area contributed by atoms with E-state index in [1.807, 2.05) is 53.7 Å². The third kappa shape index (κ3) is 7.26. The van der Waals surface area contributed by atoms with Gasteiger partial charge in [-0.2, -0.15) is 0 Å². The Labute approximate surface area is 282 Å². The maximum absolute atomic E-state index is 14.3. The topological polar surface area (TPSA) is 97.3 Å². The SMILES string of the molecule is CCN(C(=O)c1cc(F)ccc1Oc1cncnc1N1CC2(CC(Oc3cccc4c3CN(CCC(=O)OC(C)(C)C)C4)C2)C1)C(C)C. The zero-order valence-corrected chi connectivity index (χ0v) is 28.8. The molecular formula is C37H46FN5O5. The third-order valence-electron chi connectivity index (χ3n) is 9.30. The summed E-state index contributed by atoms with van der Waals surface area (Å²) in [7, 11) is 0. The van der Waals surface area contributed by atoms with Crippen LogP contribution in [0.1, 0.15) is 82.3 Å². The predicted molar refractivity (Wildman–Crippen MR) is 180 cm³/mol. The fraction of sp³-hybridized carbons (Fsp3) is 0.514. The van der Waals surface area contributed by atoms with Gasteiger partial charge in [-0.25, -0.2) is 14.4 Å². The zero-order chi connectivity index (χ0) is 34.2. The van der Waals surface area contributed by atoms with E-state index in [1.54, 1.807) is 11.1 Å². The molecule has 2 fully saturated rings. The molecule has 1 aliphatic carbocycles. The highest BCUT2D eigenvalue weighted by atomic mass is 19.1. The standard InChI is InChI=1S/C37H46FN5O5/c1-7-43(24(2)3)35(45)28-15-26(38)11-12-31(28)47-32-18-39-23-40-34(32)42-21-37(22-42)16-27(17-37)46-30-10-8-9-25-19-41(20-29(25)30)14-13-33(44)48-36(4,5)6/h8-12,15,18,23-24,27H,7,13-14,16-17,19-22H2,1-6H3. The second kappa shape index (κ2) is 13.3. The Kier molecular flexibility index (Phi) is 9.35. The van der Waals surface area contributed by atoms with Gasteiger partial charge in [0.15, 0.2) is 11.6 Å². The number of nitrogens with zero attached hydrogens (tertiary/aromatic N) is 5.